The highest BCUT2D eigenvalue weighted by atomic mass is 32.2. The molecule has 1 aliphatic rings. The fourth-order valence-corrected chi connectivity index (χ4v) is 2.15. The Hall–Kier alpha value is 0.320. The van der Waals surface area contributed by atoms with E-state index in [1.165, 1.54) is 25.1 Å². The molecule has 16 heavy (non-hydrogen) atoms. The van der Waals surface area contributed by atoms with Crippen LogP contribution in [0.25, 0.3) is 0 Å². The highest BCUT2D eigenvalue weighted by molar-refractivity contribution is 7.92. The number of rotatable bonds is 6. The molecule has 0 heterocycles. The molecule has 3 nitrogen and oxygen atoms in total. The predicted molar refractivity (Wildman–Crippen MR) is 76.5 cm³/mol. The van der Waals surface area contributed by atoms with Gasteiger partial charge in [0.1, 0.15) is 12.2 Å². The second kappa shape index (κ2) is 6.31. The Balaban J connectivity index is 0.00000225. The fraction of sp³-hybridized carbons (Fsp3) is 0.818. The molecule has 1 N–H and O–H groups in total. The van der Waals surface area contributed by atoms with Crippen LogP contribution in [0.15, 0.2) is 12.7 Å². The van der Waals surface area contributed by atoms with Crippen LogP contribution in [0.1, 0.15) is 40.0 Å². The van der Waals surface area contributed by atoms with E-state index in [-0.39, 0.29) is 19.0 Å². The maximum Gasteiger partial charge on any atom is 0.105 e. The molecule has 1 aliphatic carbocycles. The number of nitrogens with zero attached hydrogens (tertiary/aromatic N) is 1. The molecule has 96 valence electrons. The van der Waals surface area contributed by atoms with Crippen molar-refractivity contribution in [3.63, 3.8) is 0 Å². The molecule has 1 fully saturated rings. The highest BCUT2D eigenvalue weighted by Gasteiger charge is 2.46. The Kier molecular flexibility index (Phi) is 6.43. The number of hydrogen-bond acceptors (Lipinski definition) is 4. The highest BCUT2D eigenvalue weighted by Crippen LogP contribution is 2.47. The van der Waals surface area contributed by atoms with Gasteiger partial charge >= 0.3 is 0 Å². The second-order valence-electron chi connectivity index (χ2n) is 5.22. The van der Waals surface area contributed by atoms with Crippen LogP contribution in [0.3, 0.4) is 0 Å². The summed E-state index contributed by atoms with van der Waals surface area (Å²) in [7, 11) is 2.07. The van der Waals surface area contributed by atoms with Gasteiger partial charge in [-0.15, -0.1) is 6.58 Å². The molecule has 0 spiro atoms. The van der Waals surface area contributed by atoms with Crippen molar-refractivity contribution in [1.29, 1.82) is 0 Å². The van der Waals surface area contributed by atoms with Crippen LogP contribution in [0.2, 0.25) is 0 Å². The maximum absolute atomic E-state index is 5.39. The molecule has 0 aromatic carbocycles. The standard InChI is InChI=1S/C11H22N2OS.H2S/c1-6-7-11(8-9-11)13(5)15-14-12-10(2,3)4;/h6,12H,1,7-9H2,2-5H3;1H2. The van der Waals surface area contributed by atoms with Crippen molar-refractivity contribution in [3.05, 3.63) is 12.7 Å². The molecule has 0 saturated heterocycles. The minimum Gasteiger partial charge on any atom is -0.222 e. The van der Waals surface area contributed by atoms with Gasteiger partial charge in [-0.05, 0) is 40.0 Å². The number of hydroxylamine groups is 1. The first-order valence-electron chi connectivity index (χ1n) is 5.35. The Labute approximate surface area is 111 Å². The average molecular weight is 264 g/mol. The first-order valence-corrected chi connectivity index (χ1v) is 6.05. The third-order valence-electron chi connectivity index (χ3n) is 2.52. The molecule has 0 aromatic heterocycles. The lowest BCUT2D eigenvalue weighted by molar-refractivity contribution is 0.137. The zero-order valence-electron chi connectivity index (χ0n) is 10.7. The lowest BCUT2D eigenvalue weighted by atomic mass is 10.1. The lowest BCUT2D eigenvalue weighted by Gasteiger charge is -2.26. The van der Waals surface area contributed by atoms with E-state index in [4.69, 9.17) is 4.28 Å². The molecule has 0 aliphatic heterocycles. The molecular weight excluding hydrogens is 240 g/mol. The molecule has 0 radical (unpaired) electrons. The van der Waals surface area contributed by atoms with Crippen molar-refractivity contribution >= 4 is 25.7 Å². The summed E-state index contributed by atoms with van der Waals surface area (Å²) in [6.45, 7) is 10.0. The number of nitrogens with one attached hydrogen (secondary N) is 1. The van der Waals surface area contributed by atoms with Crippen LogP contribution >= 0.6 is 25.7 Å². The number of hydrogen-bond donors (Lipinski definition) is 1. The SMILES string of the molecule is C=CCC1(N(C)SONC(C)(C)C)CC1.S. The van der Waals surface area contributed by atoms with Crippen molar-refractivity contribution in [2.75, 3.05) is 7.05 Å². The summed E-state index contributed by atoms with van der Waals surface area (Å²) in [5, 5.41) is 0. The van der Waals surface area contributed by atoms with Gasteiger partial charge < -0.3 is 0 Å². The molecule has 0 bridgehead atoms. The molecule has 0 aromatic rings. The Morgan fingerprint density at radius 3 is 2.44 bits per heavy atom. The van der Waals surface area contributed by atoms with Crippen molar-refractivity contribution in [1.82, 2.24) is 9.79 Å². The van der Waals surface area contributed by atoms with E-state index in [9.17, 15) is 0 Å². The molecular formula is C11H24N2OS2. The van der Waals surface area contributed by atoms with Crippen LogP contribution < -0.4 is 5.48 Å². The van der Waals surface area contributed by atoms with E-state index in [1.807, 2.05) is 6.08 Å². The van der Waals surface area contributed by atoms with Gasteiger partial charge in [0.15, 0.2) is 0 Å². The van der Waals surface area contributed by atoms with Crippen LogP contribution in [-0.4, -0.2) is 22.4 Å². The Morgan fingerprint density at radius 1 is 1.50 bits per heavy atom. The van der Waals surface area contributed by atoms with Gasteiger partial charge in [0.25, 0.3) is 0 Å². The minimum absolute atomic E-state index is 0. The third kappa shape index (κ3) is 5.10. The summed E-state index contributed by atoms with van der Waals surface area (Å²) in [5.74, 6) is 0. The van der Waals surface area contributed by atoms with E-state index < -0.39 is 0 Å². The zero-order valence-corrected chi connectivity index (χ0v) is 12.5. The Bertz CT molecular complexity index is 225. The lowest BCUT2D eigenvalue weighted by Crippen LogP contribution is -2.36. The quantitative estimate of drug-likeness (QED) is 0.345. The summed E-state index contributed by atoms with van der Waals surface area (Å²) in [4.78, 5) is 0. The average Bonchev–Trinajstić information content (AvgIpc) is 2.84. The van der Waals surface area contributed by atoms with E-state index in [0.717, 1.165) is 6.42 Å². The van der Waals surface area contributed by atoms with Gasteiger partial charge in [-0.25, -0.2) is 8.59 Å². The normalized spacial score (nSPS) is 18.1. The monoisotopic (exact) mass is 264 g/mol. The van der Waals surface area contributed by atoms with Crippen LogP contribution in [-0.2, 0) is 4.28 Å². The third-order valence-corrected chi connectivity index (χ3v) is 3.29. The van der Waals surface area contributed by atoms with E-state index >= 15 is 0 Å². The van der Waals surface area contributed by atoms with Gasteiger partial charge in [-0.3, -0.25) is 0 Å². The minimum atomic E-state index is -0.0109. The van der Waals surface area contributed by atoms with E-state index in [1.54, 1.807) is 0 Å². The van der Waals surface area contributed by atoms with E-state index in [2.05, 4.69) is 44.2 Å². The summed E-state index contributed by atoms with van der Waals surface area (Å²) in [6.07, 6.45) is 5.50. The van der Waals surface area contributed by atoms with Gasteiger partial charge in [0.2, 0.25) is 0 Å². The molecule has 1 saturated carbocycles. The molecule has 1 rings (SSSR count). The summed E-state index contributed by atoms with van der Waals surface area (Å²) in [6, 6.07) is 0. The molecule has 0 unspecified atom stereocenters. The topological polar surface area (TPSA) is 24.5 Å². The smallest absolute Gasteiger partial charge is 0.105 e. The summed E-state index contributed by atoms with van der Waals surface area (Å²) < 4.78 is 7.58. The van der Waals surface area contributed by atoms with Gasteiger partial charge in [0.05, 0.1) is 0 Å². The zero-order chi connectivity index (χ0) is 11.5. The van der Waals surface area contributed by atoms with Gasteiger partial charge in [0, 0.05) is 18.1 Å². The fourth-order valence-electron chi connectivity index (χ4n) is 1.34. The van der Waals surface area contributed by atoms with E-state index in [0.29, 0.717) is 5.54 Å². The van der Waals surface area contributed by atoms with Crippen LogP contribution in [0.5, 0.6) is 0 Å². The van der Waals surface area contributed by atoms with Crippen molar-refractivity contribution in [3.8, 4) is 0 Å². The van der Waals surface area contributed by atoms with Crippen LogP contribution in [0, 0.1) is 0 Å². The Morgan fingerprint density at radius 2 is 2.06 bits per heavy atom. The molecule has 0 amide bonds. The summed E-state index contributed by atoms with van der Waals surface area (Å²) in [5.41, 5.74) is 3.28. The summed E-state index contributed by atoms with van der Waals surface area (Å²) >= 11 is 1.39. The van der Waals surface area contributed by atoms with Crippen LogP contribution in [0.4, 0.5) is 0 Å². The molecule has 5 heteroatoms. The maximum atomic E-state index is 5.39. The predicted octanol–water partition coefficient (Wildman–Crippen LogP) is 3.02. The largest absolute Gasteiger partial charge is 0.222 e. The van der Waals surface area contributed by atoms with Gasteiger partial charge in [-0.1, -0.05) is 6.08 Å². The van der Waals surface area contributed by atoms with Gasteiger partial charge in [-0.2, -0.15) is 19.0 Å². The first kappa shape index (κ1) is 16.3. The first-order chi connectivity index (χ1) is 6.90. The van der Waals surface area contributed by atoms with Crippen molar-refractivity contribution < 1.29 is 4.28 Å². The van der Waals surface area contributed by atoms with Crippen molar-refractivity contribution in [2.24, 2.45) is 0 Å². The molecule has 0 atom stereocenters. The van der Waals surface area contributed by atoms with Crippen molar-refractivity contribution in [2.45, 2.75) is 51.1 Å². The second-order valence-corrected chi connectivity index (χ2v) is 6.09.